The van der Waals surface area contributed by atoms with Crippen molar-refractivity contribution < 1.29 is 18.0 Å². The molecule has 1 N–H and O–H groups in total. The lowest BCUT2D eigenvalue weighted by Gasteiger charge is -2.07. The van der Waals surface area contributed by atoms with Crippen molar-refractivity contribution in [3.8, 4) is 0 Å². The van der Waals surface area contributed by atoms with Crippen molar-refractivity contribution in [1.29, 1.82) is 0 Å². The van der Waals surface area contributed by atoms with Crippen molar-refractivity contribution in [1.82, 2.24) is 5.32 Å². The van der Waals surface area contributed by atoms with Crippen LogP contribution in [0.3, 0.4) is 0 Å². The van der Waals surface area contributed by atoms with Gasteiger partial charge in [-0.2, -0.15) is 0 Å². The third-order valence-electron chi connectivity index (χ3n) is 1.66. The molecule has 0 aromatic carbocycles. The number of Topliss-reactive ketones (excluding diaryl/α,β-unsaturated/α-hetero) is 1. The number of carbonyl (C=O) groups is 2. The van der Waals surface area contributed by atoms with E-state index in [1.165, 1.54) is 6.92 Å². The number of sulfone groups is 1. The first-order valence-corrected chi connectivity index (χ1v) is 6.54. The van der Waals surface area contributed by atoms with E-state index >= 15 is 0 Å². The molecule has 0 aliphatic rings. The first-order chi connectivity index (χ1) is 6.74. The summed E-state index contributed by atoms with van der Waals surface area (Å²) < 4.78 is 22.4. The second-order valence-electron chi connectivity index (χ2n) is 3.74. The van der Waals surface area contributed by atoms with Gasteiger partial charge in [-0.15, -0.1) is 0 Å². The maximum Gasteiger partial charge on any atom is 0.222 e. The fourth-order valence-corrected chi connectivity index (χ4v) is 2.09. The summed E-state index contributed by atoms with van der Waals surface area (Å²) in [7, 11) is -3.37. The summed E-state index contributed by atoms with van der Waals surface area (Å²) >= 11 is 0. The lowest BCUT2D eigenvalue weighted by Crippen LogP contribution is -2.33. The molecular weight excluding hydrogens is 218 g/mol. The monoisotopic (exact) mass is 235 g/mol. The largest absolute Gasteiger partial charge is 0.355 e. The first kappa shape index (κ1) is 14.1. The number of ketones is 1. The van der Waals surface area contributed by atoms with Crippen molar-refractivity contribution in [3.05, 3.63) is 0 Å². The van der Waals surface area contributed by atoms with Crippen LogP contribution in [-0.2, 0) is 19.4 Å². The molecule has 0 rings (SSSR count). The zero-order valence-electron chi connectivity index (χ0n) is 9.24. The molecule has 1 amide bonds. The van der Waals surface area contributed by atoms with Gasteiger partial charge in [-0.05, 0) is 6.92 Å². The van der Waals surface area contributed by atoms with E-state index in [9.17, 15) is 18.0 Å². The predicted octanol–water partition coefficient (Wildman–Crippen LogP) is -0.238. The molecule has 0 aromatic rings. The molecule has 0 bridgehead atoms. The van der Waals surface area contributed by atoms with Crippen molar-refractivity contribution in [2.45, 2.75) is 20.8 Å². The first-order valence-electron chi connectivity index (χ1n) is 4.72. The molecule has 0 aliphatic carbocycles. The van der Waals surface area contributed by atoms with Gasteiger partial charge in [0, 0.05) is 12.5 Å². The van der Waals surface area contributed by atoms with Gasteiger partial charge in [-0.1, -0.05) is 13.8 Å². The third-order valence-corrected chi connectivity index (χ3v) is 3.33. The Morgan fingerprint density at radius 2 is 1.80 bits per heavy atom. The van der Waals surface area contributed by atoms with Crippen molar-refractivity contribution >= 4 is 21.5 Å². The zero-order valence-corrected chi connectivity index (χ0v) is 10.1. The summed E-state index contributed by atoms with van der Waals surface area (Å²) in [6.07, 6.45) is 0. The molecule has 0 saturated heterocycles. The topological polar surface area (TPSA) is 80.3 Å². The molecule has 0 saturated carbocycles. The Balaban J connectivity index is 3.96. The molecule has 0 aliphatic heterocycles. The summed E-state index contributed by atoms with van der Waals surface area (Å²) in [5.41, 5.74) is 0. The van der Waals surface area contributed by atoms with Crippen molar-refractivity contribution in [3.63, 3.8) is 0 Å². The molecule has 6 heteroatoms. The van der Waals surface area contributed by atoms with Crippen molar-refractivity contribution in [2.24, 2.45) is 5.92 Å². The van der Waals surface area contributed by atoms with E-state index in [4.69, 9.17) is 0 Å². The van der Waals surface area contributed by atoms with Gasteiger partial charge in [0.25, 0.3) is 0 Å². The molecule has 0 aromatic heterocycles. The molecule has 15 heavy (non-hydrogen) atoms. The number of carbonyl (C=O) groups excluding carboxylic acids is 2. The molecule has 0 radical (unpaired) electrons. The highest BCUT2D eigenvalue weighted by molar-refractivity contribution is 7.92. The highest BCUT2D eigenvalue weighted by Gasteiger charge is 2.14. The summed E-state index contributed by atoms with van der Waals surface area (Å²) in [6.45, 7) is 4.73. The van der Waals surface area contributed by atoms with Crippen LogP contribution in [0.2, 0.25) is 0 Å². The quantitative estimate of drug-likeness (QED) is 0.689. The van der Waals surface area contributed by atoms with Crippen LogP contribution in [0.4, 0.5) is 0 Å². The van der Waals surface area contributed by atoms with Crippen LogP contribution < -0.4 is 5.32 Å². The molecule has 0 spiro atoms. The normalized spacial score (nSPS) is 11.5. The molecule has 0 unspecified atom stereocenters. The summed E-state index contributed by atoms with van der Waals surface area (Å²) in [4.78, 5) is 21.7. The summed E-state index contributed by atoms with van der Waals surface area (Å²) in [5.74, 6) is -1.38. The minimum absolute atomic E-state index is 0.0621. The van der Waals surface area contributed by atoms with E-state index in [1.54, 1.807) is 13.8 Å². The standard InChI is InChI=1S/C9H17NO4S/c1-7(2)9(12)10-4-5-15(13,14)6-8(3)11/h7H,4-6H2,1-3H3,(H,10,12). The molecule has 0 atom stereocenters. The highest BCUT2D eigenvalue weighted by atomic mass is 32.2. The SMILES string of the molecule is CC(=O)CS(=O)(=O)CCNC(=O)C(C)C. The second-order valence-corrected chi connectivity index (χ2v) is 5.92. The lowest BCUT2D eigenvalue weighted by atomic mass is 10.2. The minimum atomic E-state index is -3.37. The fraction of sp³-hybridized carbons (Fsp3) is 0.778. The fourth-order valence-electron chi connectivity index (χ4n) is 0.916. The Morgan fingerprint density at radius 3 is 2.20 bits per heavy atom. The highest BCUT2D eigenvalue weighted by Crippen LogP contribution is 1.92. The van der Waals surface area contributed by atoms with Gasteiger partial charge in [0.05, 0.1) is 5.75 Å². The van der Waals surface area contributed by atoms with E-state index in [2.05, 4.69) is 5.32 Å². The maximum absolute atomic E-state index is 11.2. The lowest BCUT2D eigenvalue weighted by molar-refractivity contribution is -0.123. The molecular formula is C9H17NO4S. The van der Waals surface area contributed by atoms with E-state index in [-0.39, 0.29) is 29.9 Å². The van der Waals surface area contributed by atoms with Crippen LogP contribution >= 0.6 is 0 Å². The minimum Gasteiger partial charge on any atom is -0.355 e. The number of hydrogen-bond acceptors (Lipinski definition) is 4. The van der Waals surface area contributed by atoms with Crippen LogP contribution in [0.1, 0.15) is 20.8 Å². The van der Waals surface area contributed by atoms with Crippen LogP contribution in [0.25, 0.3) is 0 Å². The number of nitrogens with one attached hydrogen (secondary N) is 1. The van der Waals surface area contributed by atoms with Gasteiger partial charge in [0.1, 0.15) is 11.5 Å². The van der Waals surface area contributed by atoms with E-state index < -0.39 is 15.6 Å². The smallest absolute Gasteiger partial charge is 0.222 e. The predicted molar refractivity (Wildman–Crippen MR) is 57.2 cm³/mol. The molecule has 88 valence electrons. The Morgan fingerprint density at radius 1 is 1.27 bits per heavy atom. The maximum atomic E-state index is 11.2. The van der Waals surface area contributed by atoms with Crippen LogP contribution in [0.15, 0.2) is 0 Å². The average molecular weight is 235 g/mol. The van der Waals surface area contributed by atoms with Crippen LogP contribution in [0, 0.1) is 5.92 Å². The van der Waals surface area contributed by atoms with Gasteiger partial charge < -0.3 is 5.32 Å². The summed E-state index contributed by atoms with van der Waals surface area (Å²) in [6, 6.07) is 0. The van der Waals surface area contributed by atoms with Crippen LogP contribution in [0.5, 0.6) is 0 Å². The van der Waals surface area contributed by atoms with E-state index in [1.807, 2.05) is 0 Å². The second kappa shape index (κ2) is 5.85. The Hall–Kier alpha value is -0.910. The Kier molecular flexibility index (Phi) is 5.49. The average Bonchev–Trinajstić information content (AvgIpc) is 2.00. The van der Waals surface area contributed by atoms with Gasteiger partial charge in [-0.25, -0.2) is 8.42 Å². The number of hydrogen-bond donors (Lipinski definition) is 1. The third kappa shape index (κ3) is 7.07. The van der Waals surface area contributed by atoms with E-state index in [0.29, 0.717) is 0 Å². The number of amides is 1. The zero-order chi connectivity index (χ0) is 12.1. The Labute approximate surface area is 90.2 Å². The molecule has 5 nitrogen and oxygen atoms in total. The van der Waals surface area contributed by atoms with E-state index in [0.717, 1.165) is 0 Å². The van der Waals surface area contributed by atoms with Crippen LogP contribution in [-0.4, -0.2) is 38.2 Å². The number of rotatable bonds is 6. The molecule has 0 fully saturated rings. The van der Waals surface area contributed by atoms with Gasteiger partial charge in [0.15, 0.2) is 9.84 Å². The summed E-state index contributed by atoms with van der Waals surface area (Å²) in [5, 5.41) is 2.48. The Bertz CT molecular complexity index is 332. The van der Waals surface area contributed by atoms with Gasteiger partial charge >= 0.3 is 0 Å². The van der Waals surface area contributed by atoms with Gasteiger partial charge in [-0.3, -0.25) is 9.59 Å². The van der Waals surface area contributed by atoms with Crippen molar-refractivity contribution in [2.75, 3.05) is 18.1 Å². The van der Waals surface area contributed by atoms with Gasteiger partial charge in [0.2, 0.25) is 5.91 Å². The molecule has 0 heterocycles.